The van der Waals surface area contributed by atoms with E-state index >= 15 is 0 Å². The summed E-state index contributed by atoms with van der Waals surface area (Å²) in [6, 6.07) is 71.0. The minimum atomic E-state index is -0.459. The summed E-state index contributed by atoms with van der Waals surface area (Å²) in [4.78, 5) is 2.42. The van der Waals surface area contributed by atoms with Gasteiger partial charge in [-0.2, -0.15) is 0 Å². The molecule has 1 spiro atoms. The molecule has 9 aromatic rings. The number of hydrogen-bond acceptors (Lipinski definition) is 2. The van der Waals surface area contributed by atoms with Crippen LogP contribution in [0.5, 0.6) is 0 Å². The standard InChI is InChI=1S/C62H45NO/c1-5-18-50-41(4)61(64-59(50)7-3)49(6-2)46-35-39-48(40-36-46)63(47-37-33-45(34-38-47)44-31-29-43(30-32-44)42-19-9-8-10-20-42)58-28-17-27-57-60(58)53-23-13-16-26-56(53)62(57)54-24-14-11-21-51(54)52-22-12-15-25-55(52)62/h5-40H,2-4H2,1H3/b18-5-,61-49-. The first-order valence-corrected chi connectivity index (χ1v) is 21.9. The maximum Gasteiger partial charge on any atom is 0.142 e. The SMILES string of the molecule is C=C/C(c1ccc(N(c2ccc(-c3ccc(-c4ccccc4)cc3)cc2)c2cccc3c2-c2ccccc2C32c3ccccc3-c3ccccc32)cc1)=c1/oc(C=C)c(/C=C\C)c1=C. The van der Waals surface area contributed by atoms with Crippen LogP contribution in [0.3, 0.4) is 0 Å². The van der Waals surface area contributed by atoms with E-state index in [0.717, 1.165) is 44.5 Å². The highest BCUT2D eigenvalue weighted by molar-refractivity contribution is 6.01. The molecule has 1 heterocycles. The summed E-state index contributed by atoms with van der Waals surface area (Å²) in [6.07, 6.45) is 7.60. The Morgan fingerprint density at radius 1 is 0.516 bits per heavy atom. The highest BCUT2D eigenvalue weighted by Crippen LogP contribution is 2.64. The Morgan fingerprint density at radius 3 is 1.56 bits per heavy atom. The average Bonchev–Trinajstić information content (AvgIpc) is 3.96. The summed E-state index contributed by atoms with van der Waals surface area (Å²) >= 11 is 0. The monoisotopic (exact) mass is 819 g/mol. The number of rotatable bonds is 9. The minimum Gasteiger partial charge on any atom is -0.455 e. The molecule has 0 N–H and O–H groups in total. The lowest BCUT2D eigenvalue weighted by molar-refractivity contribution is 0.520. The molecular weight excluding hydrogens is 775 g/mol. The second-order valence-electron chi connectivity index (χ2n) is 16.5. The van der Waals surface area contributed by atoms with Gasteiger partial charge < -0.3 is 9.32 Å². The highest BCUT2D eigenvalue weighted by atomic mass is 16.3. The van der Waals surface area contributed by atoms with Gasteiger partial charge in [0.05, 0.1) is 11.1 Å². The Bertz CT molecular complexity index is 3380. The third-order valence-electron chi connectivity index (χ3n) is 13.2. The van der Waals surface area contributed by atoms with Crippen molar-refractivity contribution in [1.29, 1.82) is 0 Å². The van der Waals surface area contributed by atoms with E-state index in [1.165, 1.54) is 61.2 Å². The van der Waals surface area contributed by atoms with E-state index in [0.29, 0.717) is 11.2 Å². The fraction of sp³-hybridized carbons (Fsp3) is 0.0323. The van der Waals surface area contributed by atoms with E-state index in [1.54, 1.807) is 6.08 Å². The number of anilines is 3. The van der Waals surface area contributed by atoms with Crippen molar-refractivity contribution < 1.29 is 4.42 Å². The fourth-order valence-corrected chi connectivity index (χ4v) is 10.4. The summed E-state index contributed by atoms with van der Waals surface area (Å²) in [5, 5.41) is 0.811. The van der Waals surface area contributed by atoms with Crippen LogP contribution in [0, 0.1) is 0 Å². The van der Waals surface area contributed by atoms with E-state index in [2.05, 4.69) is 219 Å². The van der Waals surface area contributed by atoms with Crippen LogP contribution in [-0.4, -0.2) is 0 Å². The Hall–Kier alpha value is -8.20. The second-order valence-corrected chi connectivity index (χ2v) is 16.5. The number of hydrogen-bond donors (Lipinski definition) is 0. The number of benzene rings is 8. The Balaban J connectivity index is 1.10. The molecule has 0 radical (unpaired) electrons. The van der Waals surface area contributed by atoms with Crippen molar-refractivity contribution in [2.45, 2.75) is 12.3 Å². The van der Waals surface area contributed by atoms with Crippen molar-refractivity contribution >= 4 is 41.4 Å². The molecule has 0 amide bonds. The molecule has 0 saturated heterocycles. The molecule has 11 rings (SSSR count). The zero-order valence-electron chi connectivity index (χ0n) is 35.8. The van der Waals surface area contributed by atoms with Gasteiger partial charge in [0.25, 0.3) is 0 Å². The summed E-state index contributed by atoms with van der Waals surface area (Å²) < 4.78 is 6.38. The van der Waals surface area contributed by atoms with Gasteiger partial charge >= 0.3 is 0 Å². The minimum absolute atomic E-state index is 0.459. The van der Waals surface area contributed by atoms with E-state index in [4.69, 9.17) is 4.42 Å². The third-order valence-corrected chi connectivity index (χ3v) is 13.2. The van der Waals surface area contributed by atoms with Crippen LogP contribution in [0.1, 0.15) is 46.1 Å². The second kappa shape index (κ2) is 15.6. The van der Waals surface area contributed by atoms with Crippen molar-refractivity contribution in [3.63, 3.8) is 0 Å². The lowest BCUT2D eigenvalue weighted by atomic mass is 9.70. The molecule has 0 unspecified atom stereocenters. The highest BCUT2D eigenvalue weighted by Gasteiger charge is 2.52. The Labute approximate surface area is 375 Å². The lowest BCUT2D eigenvalue weighted by Crippen LogP contribution is -2.26. The summed E-state index contributed by atoms with van der Waals surface area (Å²) in [7, 11) is 0. The third kappa shape index (κ3) is 5.87. The zero-order chi connectivity index (χ0) is 43.4. The van der Waals surface area contributed by atoms with Crippen LogP contribution < -0.4 is 15.5 Å². The van der Waals surface area contributed by atoms with Gasteiger partial charge in [-0.05, 0) is 110 Å². The number of furan rings is 1. The largest absolute Gasteiger partial charge is 0.455 e. The summed E-state index contributed by atoms with van der Waals surface area (Å²) in [6.45, 7) is 14.6. The molecule has 2 heteroatoms. The van der Waals surface area contributed by atoms with Crippen molar-refractivity contribution in [3.05, 3.63) is 269 Å². The molecule has 0 bridgehead atoms. The molecule has 2 nitrogen and oxygen atoms in total. The van der Waals surface area contributed by atoms with Crippen molar-refractivity contribution in [2.24, 2.45) is 0 Å². The van der Waals surface area contributed by atoms with Crippen LogP contribution >= 0.6 is 0 Å². The van der Waals surface area contributed by atoms with E-state index < -0.39 is 5.41 Å². The van der Waals surface area contributed by atoms with Gasteiger partial charge in [-0.25, -0.2) is 0 Å². The van der Waals surface area contributed by atoms with Gasteiger partial charge in [0.2, 0.25) is 0 Å². The van der Waals surface area contributed by atoms with Crippen LogP contribution in [-0.2, 0) is 5.41 Å². The predicted octanol–water partition coefficient (Wildman–Crippen LogP) is 14.9. The van der Waals surface area contributed by atoms with Gasteiger partial charge in [-0.15, -0.1) is 0 Å². The number of nitrogens with zero attached hydrogens (tertiary/aromatic N) is 1. The fourth-order valence-electron chi connectivity index (χ4n) is 10.4. The zero-order valence-corrected chi connectivity index (χ0v) is 35.8. The molecule has 64 heavy (non-hydrogen) atoms. The maximum absolute atomic E-state index is 6.38. The molecule has 0 fully saturated rings. The van der Waals surface area contributed by atoms with E-state index in [-0.39, 0.29) is 0 Å². The van der Waals surface area contributed by atoms with E-state index in [1.807, 2.05) is 25.2 Å². The first kappa shape index (κ1) is 38.7. The van der Waals surface area contributed by atoms with Crippen molar-refractivity contribution in [2.75, 3.05) is 4.90 Å². The molecular formula is C62H45NO. The lowest BCUT2D eigenvalue weighted by Gasteiger charge is -2.32. The Morgan fingerprint density at radius 2 is 1.00 bits per heavy atom. The summed E-state index contributed by atoms with van der Waals surface area (Å²) in [5.74, 6) is 0.694. The number of allylic oxidation sites excluding steroid dienone is 2. The first-order chi connectivity index (χ1) is 31.5. The molecule has 8 aromatic carbocycles. The van der Waals surface area contributed by atoms with Crippen LogP contribution in [0.4, 0.5) is 17.1 Å². The maximum atomic E-state index is 6.38. The molecule has 0 saturated carbocycles. The van der Waals surface area contributed by atoms with Crippen LogP contribution in [0.15, 0.2) is 224 Å². The van der Waals surface area contributed by atoms with E-state index in [9.17, 15) is 0 Å². The predicted molar refractivity (Wildman–Crippen MR) is 269 cm³/mol. The van der Waals surface area contributed by atoms with Crippen molar-refractivity contribution in [3.8, 4) is 44.5 Å². The van der Waals surface area contributed by atoms with Gasteiger partial charge in [-0.1, -0.05) is 202 Å². The van der Waals surface area contributed by atoms with Crippen LogP contribution in [0.25, 0.3) is 68.8 Å². The Kier molecular flexibility index (Phi) is 9.44. The molecule has 2 aliphatic rings. The van der Waals surface area contributed by atoms with Gasteiger partial charge in [0.15, 0.2) is 0 Å². The van der Waals surface area contributed by atoms with Gasteiger partial charge in [0, 0.05) is 33.3 Å². The normalized spacial score (nSPS) is 13.3. The average molecular weight is 820 g/mol. The van der Waals surface area contributed by atoms with Gasteiger partial charge in [-0.3, -0.25) is 0 Å². The number of fused-ring (bicyclic) bond motifs is 10. The molecule has 0 atom stereocenters. The van der Waals surface area contributed by atoms with Crippen molar-refractivity contribution in [1.82, 2.24) is 0 Å². The molecule has 2 aliphatic carbocycles. The molecule has 1 aromatic heterocycles. The molecule has 304 valence electrons. The smallest absolute Gasteiger partial charge is 0.142 e. The van der Waals surface area contributed by atoms with Crippen LogP contribution in [0.2, 0.25) is 0 Å². The first-order valence-electron chi connectivity index (χ1n) is 21.9. The topological polar surface area (TPSA) is 16.4 Å². The molecule has 0 aliphatic heterocycles. The van der Waals surface area contributed by atoms with Gasteiger partial charge in [0.1, 0.15) is 11.2 Å². The summed E-state index contributed by atoms with van der Waals surface area (Å²) in [5.41, 5.74) is 21.3. The quantitative estimate of drug-likeness (QED) is 0.144.